The highest BCUT2D eigenvalue weighted by atomic mass is 16.5. The van der Waals surface area contributed by atoms with Crippen molar-refractivity contribution in [3.8, 4) is 5.75 Å². The molecule has 1 aromatic rings. The number of aryl methyl sites for hydroxylation is 1. The number of carbonyl (C=O) groups excluding carboxylic acids is 3. The van der Waals surface area contributed by atoms with Crippen molar-refractivity contribution in [2.45, 2.75) is 45.6 Å². The Morgan fingerprint density at radius 2 is 1.67 bits per heavy atom. The Labute approximate surface area is 141 Å². The van der Waals surface area contributed by atoms with Crippen molar-refractivity contribution >= 4 is 17.7 Å². The van der Waals surface area contributed by atoms with Crippen LogP contribution in [0.15, 0.2) is 24.3 Å². The lowest BCUT2D eigenvalue weighted by molar-refractivity contribution is -0.151. The molecule has 2 fully saturated rings. The maximum atomic E-state index is 12.4. The molecule has 0 aromatic heterocycles. The molecule has 1 saturated carbocycles. The van der Waals surface area contributed by atoms with Gasteiger partial charge >= 0.3 is 0 Å². The van der Waals surface area contributed by atoms with Gasteiger partial charge in [0.2, 0.25) is 0 Å². The average Bonchev–Trinajstić information content (AvgIpc) is 2.82. The average molecular weight is 330 g/mol. The number of benzene rings is 1. The van der Waals surface area contributed by atoms with E-state index in [1.165, 1.54) is 0 Å². The van der Waals surface area contributed by atoms with Gasteiger partial charge in [-0.2, -0.15) is 5.01 Å². The fraction of sp³-hybridized carbons (Fsp3) is 0.500. The maximum Gasteiger partial charge on any atom is 0.279 e. The SMILES string of the molecule is Cc1ccc(O[C@H](C)C(=O)NN2C(=O)[C@@H]3CCCC[C@H]3C2=O)cc1. The number of carbonyl (C=O) groups is 3. The number of ether oxygens (including phenoxy) is 1. The standard InChI is InChI=1S/C18H22N2O4/c1-11-7-9-13(10-8-11)24-12(2)16(21)19-20-17(22)14-5-3-4-6-15(14)18(20)23/h7-10,12,14-15H,3-6H2,1-2H3,(H,19,21)/t12-,14-,15-/m1/s1. The Kier molecular flexibility index (Phi) is 4.55. The Morgan fingerprint density at radius 1 is 1.12 bits per heavy atom. The lowest BCUT2D eigenvalue weighted by Gasteiger charge is -2.20. The second-order valence-electron chi connectivity index (χ2n) is 6.56. The Bertz CT molecular complexity index is 631. The molecule has 1 aromatic carbocycles. The van der Waals surface area contributed by atoms with Crippen LogP contribution in [0.1, 0.15) is 38.2 Å². The van der Waals surface area contributed by atoms with Gasteiger partial charge in [-0.3, -0.25) is 19.8 Å². The van der Waals surface area contributed by atoms with Crippen LogP contribution in [0.25, 0.3) is 0 Å². The predicted octanol–water partition coefficient (Wildman–Crippen LogP) is 1.97. The normalized spacial score (nSPS) is 24.5. The molecule has 1 aliphatic carbocycles. The summed E-state index contributed by atoms with van der Waals surface area (Å²) in [7, 11) is 0. The van der Waals surface area contributed by atoms with Crippen LogP contribution in [0, 0.1) is 18.8 Å². The number of amides is 3. The van der Waals surface area contributed by atoms with E-state index in [-0.39, 0.29) is 23.7 Å². The van der Waals surface area contributed by atoms with Crippen LogP contribution >= 0.6 is 0 Å². The summed E-state index contributed by atoms with van der Waals surface area (Å²) in [6.45, 7) is 3.55. The lowest BCUT2D eigenvalue weighted by Crippen LogP contribution is -2.50. The van der Waals surface area contributed by atoms with Gasteiger partial charge in [-0.1, -0.05) is 30.5 Å². The van der Waals surface area contributed by atoms with Crippen LogP contribution in [0.4, 0.5) is 0 Å². The Hall–Kier alpha value is -2.37. The van der Waals surface area contributed by atoms with Crippen LogP contribution in [0.3, 0.4) is 0 Å². The number of hydrogen-bond donors (Lipinski definition) is 1. The third kappa shape index (κ3) is 3.13. The minimum Gasteiger partial charge on any atom is -0.481 e. The molecule has 3 atom stereocenters. The Morgan fingerprint density at radius 3 is 2.21 bits per heavy atom. The Balaban J connectivity index is 1.62. The lowest BCUT2D eigenvalue weighted by atomic mass is 9.81. The van der Waals surface area contributed by atoms with E-state index in [9.17, 15) is 14.4 Å². The fourth-order valence-electron chi connectivity index (χ4n) is 3.35. The van der Waals surface area contributed by atoms with Crippen LogP contribution in [-0.2, 0) is 14.4 Å². The first-order valence-corrected chi connectivity index (χ1v) is 8.39. The number of rotatable bonds is 4. The first-order chi connectivity index (χ1) is 11.5. The number of nitrogens with zero attached hydrogens (tertiary/aromatic N) is 1. The molecule has 0 spiro atoms. The molecule has 1 heterocycles. The second kappa shape index (κ2) is 6.63. The zero-order valence-electron chi connectivity index (χ0n) is 14.0. The smallest absolute Gasteiger partial charge is 0.279 e. The number of fused-ring (bicyclic) bond motifs is 1. The van der Waals surface area contributed by atoms with E-state index in [2.05, 4.69) is 5.43 Å². The summed E-state index contributed by atoms with van der Waals surface area (Å²) in [6, 6.07) is 7.33. The van der Waals surface area contributed by atoms with Gasteiger partial charge in [-0.15, -0.1) is 0 Å². The first kappa shape index (κ1) is 16.5. The van der Waals surface area contributed by atoms with E-state index in [1.54, 1.807) is 19.1 Å². The summed E-state index contributed by atoms with van der Waals surface area (Å²) in [4.78, 5) is 37.0. The molecule has 3 amide bonds. The van der Waals surface area contributed by atoms with E-state index in [4.69, 9.17) is 4.74 Å². The van der Waals surface area contributed by atoms with Gasteiger partial charge in [0.1, 0.15) is 5.75 Å². The van der Waals surface area contributed by atoms with Crippen molar-refractivity contribution in [3.63, 3.8) is 0 Å². The van der Waals surface area contributed by atoms with E-state index < -0.39 is 12.0 Å². The monoisotopic (exact) mass is 330 g/mol. The molecule has 6 heteroatoms. The van der Waals surface area contributed by atoms with Crippen molar-refractivity contribution in [3.05, 3.63) is 29.8 Å². The summed E-state index contributed by atoms with van der Waals surface area (Å²) in [5, 5.41) is 0.901. The largest absolute Gasteiger partial charge is 0.481 e. The van der Waals surface area contributed by atoms with Gasteiger partial charge in [0.05, 0.1) is 11.8 Å². The number of imide groups is 1. The molecule has 0 radical (unpaired) electrons. The molecule has 1 aliphatic heterocycles. The molecule has 128 valence electrons. The zero-order valence-corrected chi connectivity index (χ0v) is 14.0. The van der Waals surface area contributed by atoms with Gasteiger partial charge in [0.15, 0.2) is 6.10 Å². The van der Waals surface area contributed by atoms with Gasteiger partial charge in [0, 0.05) is 0 Å². The molecular weight excluding hydrogens is 308 g/mol. The molecule has 0 bridgehead atoms. The van der Waals surface area contributed by atoms with E-state index >= 15 is 0 Å². The zero-order chi connectivity index (χ0) is 17.3. The molecule has 24 heavy (non-hydrogen) atoms. The van der Waals surface area contributed by atoms with Gasteiger partial charge in [-0.05, 0) is 38.8 Å². The second-order valence-corrected chi connectivity index (χ2v) is 6.56. The molecule has 1 N–H and O–H groups in total. The highest BCUT2D eigenvalue weighted by Gasteiger charge is 2.49. The third-order valence-corrected chi connectivity index (χ3v) is 4.77. The van der Waals surface area contributed by atoms with Crippen LogP contribution in [-0.4, -0.2) is 28.8 Å². The van der Waals surface area contributed by atoms with E-state index in [0.717, 1.165) is 36.3 Å². The van der Waals surface area contributed by atoms with Crippen LogP contribution in [0.2, 0.25) is 0 Å². The highest BCUT2D eigenvalue weighted by molar-refractivity contribution is 6.06. The summed E-state index contributed by atoms with van der Waals surface area (Å²) in [6.07, 6.45) is 2.54. The fourth-order valence-corrected chi connectivity index (χ4v) is 3.35. The summed E-state index contributed by atoms with van der Waals surface area (Å²) in [5.74, 6) is -1.08. The summed E-state index contributed by atoms with van der Waals surface area (Å²) in [5.41, 5.74) is 3.53. The molecule has 2 aliphatic rings. The van der Waals surface area contributed by atoms with Crippen molar-refractivity contribution < 1.29 is 19.1 Å². The van der Waals surface area contributed by atoms with Crippen molar-refractivity contribution in [1.29, 1.82) is 0 Å². The van der Waals surface area contributed by atoms with Crippen molar-refractivity contribution in [1.82, 2.24) is 10.4 Å². The number of hydrazine groups is 1. The van der Waals surface area contributed by atoms with Crippen molar-refractivity contribution in [2.75, 3.05) is 0 Å². The summed E-state index contributed by atoms with van der Waals surface area (Å²) >= 11 is 0. The first-order valence-electron chi connectivity index (χ1n) is 8.39. The van der Waals surface area contributed by atoms with Gasteiger partial charge in [-0.25, -0.2) is 0 Å². The van der Waals surface area contributed by atoms with E-state index in [1.807, 2.05) is 19.1 Å². The predicted molar refractivity (Wildman–Crippen MR) is 86.7 cm³/mol. The quantitative estimate of drug-likeness (QED) is 0.857. The van der Waals surface area contributed by atoms with Crippen LogP contribution in [0.5, 0.6) is 5.75 Å². The molecule has 3 rings (SSSR count). The molecule has 6 nitrogen and oxygen atoms in total. The minimum atomic E-state index is -0.809. The number of nitrogens with one attached hydrogen (secondary N) is 1. The molecule has 1 saturated heterocycles. The third-order valence-electron chi connectivity index (χ3n) is 4.77. The molecule has 0 unspecified atom stereocenters. The van der Waals surface area contributed by atoms with Crippen molar-refractivity contribution in [2.24, 2.45) is 11.8 Å². The number of hydrogen-bond acceptors (Lipinski definition) is 4. The molecular formula is C18H22N2O4. The minimum absolute atomic E-state index is 0.278. The summed E-state index contributed by atoms with van der Waals surface area (Å²) < 4.78 is 5.57. The maximum absolute atomic E-state index is 12.4. The van der Waals surface area contributed by atoms with Crippen LogP contribution < -0.4 is 10.2 Å². The van der Waals surface area contributed by atoms with Gasteiger partial charge in [0.25, 0.3) is 17.7 Å². The van der Waals surface area contributed by atoms with Gasteiger partial charge < -0.3 is 4.74 Å². The highest BCUT2D eigenvalue weighted by Crippen LogP contribution is 2.37. The topological polar surface area (TPSA) is 75.7 Å². The van der Waals surface area contributed by atoms with E-state index in [0.29, 0.717) is 5.75 Å².